The quantitative estimate of drug-likeness (QED) is 0.801. The lowest BCUT2D eigenvalue weighted by molar-refractivity contribution is -0.137. The predicted molar refractivity (Wildman–Crippen MR) is 87.8 cm³/mol. The number of benzene rings is 2. The lowest BCUT2D eigenvalue weighted by atomic mass is 10.2. The van der Waals surface area contributed by atoms with E-state index < -0.39 is 11.7 Å². The van der Waals surface area contributed by atoms with E-state index in [0.717, 1.165) is 17.7 Å². The van der Waals surface area contributed by atoms with Gasteiger partial charge < -0.3 is 10.6 Å². The van der Waals surface area contributed by atoms with Gasteiger partial charge in [-0.2, -0.15) is 13.2 Å². The van der Waals surface area contributed by atoms with Crippen LogP contribution in [0, 0.1) is 0 Å². The van der Waals surface area contributed by atoms with Gasteiger partial charge in [-0.3, -0.25) is 4.79 Å². The lowest BCUT2D eigenvalue weighted by Crippen LogP contribution is -2.24. The van der Waals surface area contributed by atoms with Gasteiger partial charge in [0.25, 0.3) is 0 Å². The summed E-state index contributed by atoms with van der Waals surface area (Å²) in [6.45, 7) is 0.589. The van der Waals surface area contributed by atoms with Gasteiger partial charge in [-0.1, -0.05) is 41.9 Å². The van der Waals surface area contributed by atoms with Crippen LogP contribution in [-0.4, -0.2) is 12.5 Å². The fraction of sp³-hybridized carbons (Fsp3) is 0.235. The summed E-state index contributed by atoms with van der Waals surface area (Å²) in [6.07, 6.45) is -4.31. The van der Waals surface area contributed by atoms with Crippen molar-refractivity contribution in [1.82, 2.24) is 5.32 Å². The number of hydrogen-bond donors (Lipinski definition) is 2. The third kappa shape index (κ3) is 5.45. The van der Waals surface area contributed by atoms with Crippen molar-refractivity contribution in [3.05, 3.63) is 64.7 Å². The molecule has 0 atom stereocenters. The Labute approximate surface area is 142 Å². The summed E-state index contributed by atoms with van der Waals surface area (Å²) in [7, 11) is 0. The largest absolute Gasteiger partial charge is 0.416 e. The smallest absolute Gasteiger partial charge is 0.383 e. The molecule has 0 saturated heterocycles. The first-order valence-electron chi connectivity index (χ1n) is 7.27. The van der Waals surface area contributed by atoms with E-state index in [1.165, 1.54) is 6.07 Å². The molecule has 2 aromatic carbocycles. The summed E-state index contributed by atoms with van der Waals surface area (Å²) >= 11 is 5.87. The highest BCUT2D eigenvalue weighted by molar-refractivity contribution is 6.33. The summed E-state index contributed by atoms with van der Waals surface area (Å²) in [6, 6.07) is 12.4. The van der Waals surface area contributed by atoms with E-state index in [1.807, 2.05) is 30.3 Å². The highest BCUT2D eigenvalue weighted by Crippen LogP contribution is 2.33. The summed E-state index contributed by atoms with van der Waals surface area (Å²) in [4.78, 5) is 11.8. The average molecular weight is 357 g/mol. The topological polar surface area (TPSA) is 41.1 Å². The van der Waals surface area contributed by atoms with Gasteiger partial charge in [0.05, 0.1) is 16.3 Å². The molecule has 0 aliphatic heterocycles. The number of nitrogens with one attached hydrogen (secondary N) is 2. The van der Waals surface area contributed by atoms with Crippen molar-refractivity contribution in [2.24, 2.45) is 0 Å². The second-order valence-corrected chi connectivity index (χ2v) is 5.54. The molecule has 2 aromatic rings. The summed E-state index contributed by atoms with van der Waals surface area (Å²) < 4.78 is 38.0. The molecule has 0 unspecified atom stereocenters. The molecular weight excluding hydrogens is 341 g/mol. The molecule has 0 fully saturated rings. The average Bonchev–Trinajstić information content (AvgIpc) is 2.54. The maximum Gasteiger partial charge on any atom is 0.416 e. The minimum Gasteiger partial charge on any atom is -0.383 e. The van der Waals surface area contributed by atoms with Crippen molar-refractivity contribution in [2.75, 3.05) is 11.9 Å². The third-order valence-corrected chi connectivity index (χ3v) is 3.62. The number of carbonyl (C=O) groups is 1. The Morgan fingerprint density at radius 3 is 2.46 bits per heavy atom. The predicted octanol–water partition coefficient (Wildman–Crippen LogP) is 4.48. The van der Waals surface area contributed by atoms with E-state index in [4.69, 9.17) is 11.6 Å². The van der Waals surface area contributed by atoms with Crippen molar-refractivity contribution in [3.63, 3.8) is 0 Å². The van der Waals surface area contributed by atoms with Gasteiger partial charge in [0, 0.05) is 19.5 Å². The maximum absolute atomic E-state index is 12.7. The monoisotopic (exact) mass is 356 g/mol. The number of anilines is 1. The van der Waals surface area contributed by atoms with Crippen molar-refractivity contribution in [3.8, 4) is 0 Å². The third-order valence-electron chi connectivity index (χ3n) is 3.29. The van der Waals surface area contributed by atoms with Gasteiger partial charge >= 0.3 is 6.18 Å². The molecule has 0 spiro atoms. The maximum atomic E-state index is 12.7. The highest BCUT2D eigenvalue weighted by atomic mass is 35.5. The Morgan fingerprint density at radius 2 is 1.79 bits per heavy atom. The summed E-state index contributed by atoms with van der Waals surface area (Å²) in [5, 5.41) is 5.68. The molecule has 0 aromatic heterocycles. The Hall–Kier alpha value is -2.21. The Kier molecular flexibility index (Phi) is 6.09. The Bertz CT molecular complexity index is 690. The molecule has 24 heavy (non-hydrogen) atoms. The van der Waals surface area contributed by atoms with Gasteiger partial charge in [-0.25, -0.2) is 0 Å². The molecule has 0 radical (unpaired) electrons. The SMILES string of the molecule is O=C(CCNc1cc(C(F)(F)F)ccc1Cl)NCc1ccccc1. The molecule has 0 aliphatic rings. The number of amides is 1. The first-order chi connectivity index (χ1) is 11.4. The van der Waals surface area contributed by atoms with E-state index in [-0.39, 0.29) is 29.6 Å². The molecule has 2 rings (SSSR count). The van der Waals surface area contributed by atoms with Crippen molar-refractivity contribution < 1.29 is 18.0 Å². The second-order valence-electron chi connectivity index (χ2n) is 5.13. The van der Waals surface area contributed by atoms with Crippen LogP contribution >= 0.6 is 11.6 Å². The van der Waals surface area contributed by atoms with E-state index in [2.05, 4.69) is 10.6 Å². The zero-order valence-electron chi connectivity index (χ0n) is 12.7. The number of carbonyl (C=O) groups excluding carboxylic acids is 1. The highest BCUT2D eigenvalue weighted by Gasteiger charge is 2.30. The van der Waals surface area contributed by atoms with Gasteiger partial charge in [0.1, 0.15) is 0 Å². The van der Waals surface area contributed by atoms with Crippen LogP contribution in [0.15, 0.2) is 48.5 Å². The lowest BCUT2D eigenvalue weighted by Gasteiger charge is -2.12. The van der Waals surface area contributed by atoms with Crippen LogP contribution in [0.3, 0.4) is 0 Å². The number of hydrogen-bond acceptors (Lipinski definition) is 2. The molecule has 128 valence electrons. The van der Waals surface area contributed by atoms with E-state index >= 15 is 0 Å². The molecule has 1 amide bonds. The number of halogens is 4. The van der Waals surface area contributed by atoms with E-state index in [1.54, 1.807) is 0 Å². The number of alkyl halides is 3. The van der Waals surface area contributed by atoms with Crippen LogP contribution in [0.2, 0.25) is 5.02 Å². The zero-order valence-corrected chi connectivity index (χ0v) is 13.4. The zero-order chi connectivity index (χ0) is 17.6. The van der Waals surface area contributed by atoms with Crippen molar-refractivity contribution >= 4 is 23.2 Å². The fourth-order valence-electron chi connectivity index (χ4n) is 2.03. The summed E-state index contributed by atoms with van der Waals surface area (Å²) in [5.74, 6) is -0.200. The molecule has 0 bridgehead atoms. The minimum absolute atomic E-state index is 0.124. The van der Waals surface area contributed by atoms with E-state index in [9.17, 15) is 18.0 Å². The second kappa shape index (κ2) is 8.06. The first kappa shape index (κ1) is 18.1. The Balaban J connectivity index is 1.82. The molecule has 0 aliphatic carbocycles. The van der Waals surface area contributed by atoms with E-state index in [0.29, 0.717) is 6.54 Å². The van der Waals surface area contributed by atoms with Gasteiger partial charge in [0.15, 0.2) is 0 Å². The van der Waals surface area contributed by atoms with Crippen molar-refractivity contribution in [1.29, 1.82) is 0 Å². The van der Waals surface area contributed by atoms with Gasteiger partial charge in [0.2, 0.25) is 5.91 Å². The molecule has 0 saturated carbocycles. The van der Waals surface area contributed by atoms with Gasteiger partial charge in [-0.15, -0.1) is 0 Å². The van der Waals surface area contributed by atoms with Crippen LogP contribution in [0.5, 0.6) is 0 Å². The van der Waals surface area contributed by atoms with Crippen LogP contribution in [0.4, 0.5) is 18.9 Å². The molecule has 2 N–H and O–H groups in total. The van der Waals surface area contributed by atoms with Crippen molar-refractivity contribution in [2.45, 2.75) is 19.1 Å². The van der Waals surface area contributed by atoms with Crippen LogP contribution < -0.4 is 10.6 Å². The normalized spacial score (nSPS) is 11.2. The molecule has 3 nitrogen and oxygen atoms in total. The standard InChI is InChI=1S/C17H16ClF3N2O/c18-14-7-6-13(17(19,20)21)10-15(14)22-9-8-16(24)23-11-12-4-2-1-3-5-12/h1-7,10,22H,8-9,11H2,(H,23,24). The minimum atomic E-state index is -4.44. The van der Waals surface area contributed by atoms with Gasteiger partial charge in [-0.05, 0) is 23.8 Å². The fourth-order valence-corrected chi connectivity index (χ4v) is 2.22. The molecule has 0 heterocycles. The van der Waals surface area contributed by atoms with Crippen LogP contribution in [0.25, 0.3) is 0 Å². The van der Waals surface area contributed by atoms with Crippen LogP contribution in [0.1, 0.15) is 17.5 Å². The molecular formula is C17H16ClF3N2O. The summed E-state index contributed by atoms with van der Waals surface area (Å²) in [5.41, 5.74) is 0.338. The molecule has 7 heteroatoms. The number of rotatable bonds is 6. The first-order valence-corrected chi connectivity index (χ1v) is 7.65. The Morgan fingerprint density at radius 1 is 1.08 bits per heavy atom. The van der Waals surface area contributed by atoms with Crippen LogP contribution in [-0.2, 0) is 17.5 Å².